The van der Waals surface area contributed by atoms with Gasteiger partial charge in [0.05, 0.1) is 6.61 Å². The second-order valence-corrected chi connectivity index (χ2v) is 9.72. The van der Waals surface area contributed by atoms with Crippen LogP contribution in [0.4, 0.5) is 8.78 Å². The highest BCUT2D eigenvalue weighted by molar-refractivity contribution is 5.88. The van der Waals surface area contributed by atoms with Gasteiger partial charge in [-0.25, -0.2) is 4.39 Å². The maximum atomic E-state index is 14.7. The summed E-state index contributed by atoms with van der Waals surface area (Å²) in [4.78, 5) is 0. The number of halogens is 2. The molecule has 2 aliphatic carbocycles. The number of fused-ring (bicyclic) bond motifs is 1. The van der Waals surface area contributed by atoms with Crippen LogP contribution in [0.3, 0.4) is 0 Å². The molecule has 2 aromatic carbocycles. The first-order chi connectivity index (χ1) is 13.9. The van der Waals surface area contributed by atoms with Crippen molar-refractivity contribution < 1.29 is 13.5 Å². The predicted molar refractivity (Wildman–Crippen MR) is 115 cm³/mol. The summed E-state index contributed by atoms with van der Waals surface area (Å²) in [6.45, 7) is 6.62. The largest absolute Gasteiger partial charge is 0.490 e. The Bertz CT molecular complexity index is 859. The highest BCUT2D eigenvalue weighted by atomic mass is 19.2. The topological polar surface area (TPSA) is 9.23 Å². The van der Waals surface area contributed by atoms with Crippen molar-refractivity contribution in [2.24, 2.45) is 23.7 Å². The molecule has 0 radical (unpaired) electrons. The lowest BCUT2D eigenvalue weighted by atomic mass is 9.69. The normalized spacial score (nSPS) is 27.9. The Morgan fingerprint density at radius 3 is 2.14 bits per heavy atom. The molecule has 3 heteroatoms. The first-order valence-corrected chi connectivity index (χ1v) is 11.4. The fourth-order valence-electron chi connectivity index (χ4n) is 5.57. The Morgan fingerprint density at radius 1 is 0.862 bits per heavy atom. The molecule has 0 atom stereocenters. The average molecular weight is 401 g/mol. The zero-order chi connectivity index (χ0) is 20.5. The van der Waals surface area contributed by atoms with E-state index in [2.05, 4.69) is 6.92 Å². The fourth-order valence-corrected chi connectivity index (χ4v) is 5.57. The summed E-state index contributed by atoms with van der Waals surface area (Å²) in [7, 11) is 0. The van der Waals surface area contributed by atoms with Crippen molar-refractivity contribution in [2.75, 3.05) is 6.61 Å². The average Bonchev–Trinajstić information content (AvgIpc) is 2.73. The third kappa shape index (κ3) is 4.29. The number of aryl methyl sites for hydroxylation is 2. The van der Waals surface area contributed by atoms with Crippen LogP contribution in [0, 0.1) is 49.2 Å². The van der Waals surface area contributed by atoms with Crippen LogP contribution >= 0.6 is 0 Å². The summed E-state index contributed by atoms with van der Waals surface area (Å²) < 4.78 is 35.1. The lowest BCUT2D eigenvalue weighted by Gasteiger charge is -2.37. The third-order valence-electron chi connectivity index (χ3n) is 7.78. The molecular weight excluding hydrogens is 366 g/mol. The Kier molecular flexibility index (Phi) is 6.13. The van der Waals surface area contributed by atoms with E-state index >= 15 is 0 Å². The molecule has 4 rings (SSSR count). The van der Waals surface area contributed by atoms with E-state index in [1.165, 1.54) is 38.5 Å². The minimum Gasteiger partial charge on any atom is -0.490 e. The summed E-state index contributed by atoms with van der Waals surface area (Å²) in [6, 6.07) is 5.46. The van der Waals surface area contributed by atoms with Crippen molar-refractivity contribution >= 4 is 10.8 Å². The van der Waals surface area contributed by atoms with Gasteiger partial charge in [-0.2, -0.15) is 4.39 Å². The van der Waals surface area contributed by atoms with Gasteiger partial charge in [0.15, 0.2) is 11.6 Å². The molecule has 158 valence electrons. The van der Waals surface area contributed by atoms with Crippen LogP contribution in [0.5, 0.6) is 5.75 Å². The number of rotatable bonds is 4. The van der Waals surface area contributed by atoms with Gasteiger partial charge in [0.2, 0.25) is 5.82 Å². The van der Waals surface area contributed by atoms with Crippen molar-refractivity contribution in [1.29, 1.82) is 0 Å². The maximum absolute atomic E-state index is 14.7. The fraction of sp³-hybridized carbons (Fsp3) is 0.615. The number of benzene rings is 2. The first kappa shape index (κ1) is 20.6. The molecule has 0 spiro atoms. The van der Waals surface area contributed by atoms with Gasteiger partial charge in [0.25, 0.3) is 0 Å². The van der Waals surface area contributed by atoms with E-state index in [1.54, 1.807) is 6.07 Å². The monoisotopic (exact) mass is 400 g/mol. The molecule has 0 aliphatic heterocycles. The summed E-state index contributed by atoms with van der Waals surface area (Å²) in [5.74, 6) is 1.55. The molecule has 1 nitrogen and oxygen atoms in total. The molecule has 2 aromatic rings. The number of ether oxygens (including phenoxy) is 1. The molecule has 0 aromatic heterocycles. The first-order valence-electron chi connectivity index (χ1n) is 11.4. The van der Waals surface area contributed by atoms with Crippen molar-refractivity contribution in [1.82, 2.24) is 0 Å². The third-order valence-corrected chi connectivity index (χ3v) is 7.78. The van der Waals surface area contributed by atoms with Crippen LogP contribution < -0.4 is 4.74 Å². The smallest absolute Gasteiger partial charge is 0.201 e. The van der Waals surface area contributed by atoms with Gasteiger partial charge < -0.3 is 4.74 Å². The second-order valence-electron chi connectivity index (χ2n) is 9.72. The standard InChI is InChI=1S/C26H34F2O/c1-16-4-9-20(10-5-16)21-12-7-19(8-13-21)15-29-23-14-22-11-6-17(2)18(3)24(22)26(28)25(23)27/h6,11,14,16,19-21H,4-5,7-10,12-13,15H2,1-3H3. The van der Waals surface area contributed by atoms with Crippen LogP contribution in [0.15, 0.2) is 18.2 Å². The Morgan fingerprint density at radius 2 is 1.48 bits per heavy atom. The molecule has 0 amide bonds. The number of hydrogen-bond donors (Lipinski definition) is 0. The highest BCUT2D eigenvalue weighted by Crippen LogP contribution is 2.41. The summed E-state index contributed by atoms with van der Waals surface area (Å²) in [5, 5.41) is 1.08. The summed E-state index contributed by atoms with van der Waals surface area (Å²) >= 11 is 0. The lowest BCUT2D eigenvalue weighted by molar-refractivity contribution is 0.124. The zero-order valence-corrected chi connectivity index (χ0v) is 18.1. The summed E-state index contributed by atoms with van der Waals surface area (Å²) in [5.41, 5.74) is 1.76. The molecule has 2 saturated carbocycles. The van der Waals surface area contributed by atoms with E-state index in [0.29, 0.717) is 23.3 Å². The quantitative estimate of drug-likeness (QED) is 0.510. The second kappa shape index (κ2) is 8.62. The molecule has 0 saturated heterocycles. The molecule has 29 heavy (non-hydrogen) atoms. The summed E-state index contributed by atoms with van der Waals surface area (Å²) in [6.07, 6.45) is 10.4. The van der Waals surface area contributed by atoms with Gasteiger partial charge in [0.1, 0.15) is 0 Å². The van der Waals surface area contributed by atoms with Gasteiger partial charge in [-0.15, -0.1) is 0 Å². The van der Waals surface area contributed by atoms with Gasteiger partial charge in [0, 0.05) is 5.39 Å². The molecule has 0 N–H and O–H groups in total. The van der Waals surface area contributed by atoms with Crippen molar-refractivity contribution in [3.05, 3.63) is 41.0 Å². The van der Waals surface area contributed by atoms with E-state index in [-0.39, 0.29) is 5.75 Å². The van der Waals surface area contributed by atoms with Crippen LogP contribution in [-0.2, 0) is 0 Å². The van der Waals surface area contributed by atoms with Gasteiger partial charge in [-0.1, -0.05) is 31.9 Å². The van der Waals surface area contributed by atoms with Crippen LogP contribution in [-0.4, -0.2) is 6.61 Å². The van der Waals surface area contributed by atoms with Gasteiger partial charge in [-0.3, -0.25) is 0 Å². The zero-order valence-electron chi connectivity index (χ0n) is 18.1. The van der Waals surface area contributed by atoms with E-state index in [0.717, 1.165) is 41.7 Å². The van der Waals surface area contributed by atoms with Crippen LogP contribution in [0.2, 0.25) is 0 Å². The van der Waals surface area contributed by atoms with E-state index < -0.39 is 11.6 Å². The molecule has 2 fully saturated rings. The van der Waals surface area contributed by atoms with E-state index in [9.17, 15) is 8.78 Å². The molecule has 0 bridgehead atoms. The van der Waals surface area contributed by atoms with Crippen molar-refractivity contribution in [3.63, 3.8) is 0 Å². The van der Waals surface area contributed by atoms with Crippen LogP contribution in [0.25, 0.3) is 10.8 Å². The van der Waals surface area contributed by atoms with E-state index in [1.807, 2.05) is 26.0 Å². The minimum atomic E-state index is -0.851. The van der Waals surface area contributed by atoms with Crippen molar-refractivity contribution in [3.8, 4) is 5.75 Å². The Labute approximate surface area is 173 Å². The predicted octanol–water partition coefficient (Wildman–Crippen LogP) is 7.75. The molecular formula is C26H34F2O. The van der Waals surface area contributed by atoms with Crippen molar-refractivity contribution in [2.45, 2.75) is 72.1 Å². The van der Waals surface area contributed by atoms with E-state index in [4.69, 9.17) is 4.74 Å². The molecule has 0 heterocycles. The van der Waals surface area contributed by atoms with Crippen LogP contribution in [0.1, 0.15) is 69.4 Å². The van der Waals surface area contributed by atoms with Gasteiger partial charge in [-0.05, 0) is 98.6 Å². The molecule has 0 unspecified atom stereocenters. The SMILES string of the molecule is Cc1ccc2cc(OCC3CCC(C4CCC(C)CC4)CC3)c(F)c(F)c2c1C. The maximum Gasteiger partial charge on any atom is 0.201 e. The highest BCUT2D eigenvalue weighted by Gasteiger charge is 2.30. The number of hydrogen-bond acceptors (Lipinski definition) is 1. The minimum absolute atomic E-state index is 0.0571. The Hall–Kier alpha value is -1.64. The lowest BCUT2D eigenvalue weighted by Crippen LogP contribution is -2.27. The van der Waals surface area contributed by atoms with Gasteiger partial charge >= 0.3 is 0 Å². The Balaban J connectivity index is 1.37. The molecule has 2 aliphatic rings.